The number of hydrogen-bond donors (Lipinski definition) is 0. The van der Waals surface area contributed by atoms with Crippen LogP contribution in [0.1, 0.15) is 31.2 Å². The number of rotatable bonds is 4. The van der Waals surface area contributed by atoms with Gasteiger partial charge < -0.3 is 4.74 Å². The molecule has 1 aliphatic rings. The van der Waals surface area contributed by atoms with E-state index in [1.807, 2.05) is 0 Å². The van der Waals surface area contributed by atoms with Gasteiger partial charge in [-0.05, 0) is 24.5 Å². The molecule has 0 atom stereocenters. The van der Waals surface area contributed by atoms with Gasteiger partial charge in [-0.25, -0.2) is 0 Å². The largest absolute Gasteiger partial charge is 0.492 e. The zero-order valence-corrected chi connectivity index (χ0v) is 9.83. The third-order valence-electron chi connectivity index (χ3n) is 3.07. The maximum atomic E-state index is 8.90. The fourth-order valence-electron chi connectivity index (χ4n) is 1.82. The molecule has 0 spiro atoms. The third-order valence-corrected chi connectivity index (χ3v) is 3.31. The predicted octanol–water partition coefficient (Wildman–Crippen LogP) is 3.78. The standard InChI is InChI=1S/C13H14ClNO/c14-12-5-4-11(9-15)13(8-12)16-7-6-10-2-1-3-10/h4-5,8,10H,1-3,6-7H2. The maximum absolute atomic E-state index is 8.90. The molecule has 16 heavy (non-hydrogen) atoms. The SMILES string of the molecule is N#Cc1ccc(Cl)cc1OCCC1CCC1. The van der Waals surface area contributed by atoms with Crippen LogP contribution in [0.25, 0.3) is 0 Å². The molecule has 0 aromatic heterocycles. The lowest BCUT2D eigenvalue weighted by Gasteiger charge is -2.25. The fraction of sp³-hybridized carbons (Fsp3) is 0.462. The van der Waals surface area contributed by atoms with Crippen LogP contribution in [0.4, 0.5) is 0 Å². The van der Waals surface area contributed by atoms with Gasteiger partial charge in [0, 0.05) is 11.1 Å². The van der Waals surface area contributed by atoms with Crippen molar-refractivity contribution in [3.8, 4) is 11.8 Å². The van der Waals surface area contributed by atoms with Crippen LogP contribution in [0.15, 0.2) is 18.2 Å². The highest BCUT2D eigenvalue weighted by atomic mass is 35.5. The zero-order valence-electron chi connectivity index (χ0n) is 9.08. The normalized spacial score (nSPS) is 15.2. The third kappa shape index (κ3) is 2.68. The van der Waals surface area contributed by atoms with Crippen molar-refractivity contribution in [2.24, 2.45) is 5.92 Å². The summed E-state index contributed by atoms with van der Waals surface area (Å²) >= 11 is 5.86. The van der Waals surface area contributed by atoms with Crippen molar-refractivity contribution in [1.29, 1.82) is 5.26 Å². The molecular formula is C13H14ClNO. The second-order valence-electron chi connectivity index (χ2n) is 4.19. The summed E-state index contributed by atoms with van der Waals surface area (Å²) in [7, 11) is 0. The average Bonchev–Trinajstić information content (AvgIpc) is 2.22. The van der Waals surface area contributed by atoms with Crippen molar-refractivity contribution >= 4 is 11.6 Å². The van der Waals surface area contributed by atoms with E-state index in [-0.39, 0.29) is 0 Å². The van der Waals surface area contributed by atoms with Crippen LogP contribution < -0.4 is 4.74 Å². The summed E-state index contributed by atoms with van der Waals surface area (Å²) in [6.07, 6.45) is 5.08. The van der Waals surface area contributed by atoms with E-state index in [1.165, 1.54) is 19.3 Å². The summed E-state index contributed by atoms with van der Waals surface area (Å²) in [4.78, 5) is 0. The summed E-state index contributed by atoms with van der Waals surface area (Å²) < 4.78 is 5.61. The number of halogens is 1. The van der Waals surface area contributed by atoms with Crippen molar-refractivity contribution in [2.45, 2.75) is 25.7 Å². The van der Waals surface area contributed by atoms with E-state index in [2.05, 4.69) is 6.07 Å². The first-order chi connectivity index (χ1) is 7.79. The van der Waals surface area contributed by atoms with Crippen molar-refractivity contribution in [2.75, 3.05) is 6.61 Å². The van der Waals surface area contributed by atoms with Gasteiger partial charge in [0.05, 0.1) is 12.2 Å². The first kappa shape index (κ1) is 11.3. The van der Waals surface area contributed by atoms with E-state index in [0.29, 0.717) is 22.9 Å². The Bertz CT molecular complexity index is 407. The van der Waals surface area contributed by atoms with Gasteiger partial charge in [-0.1, -0.05) is 30.9 Å². The molecule has 1 aromatic carbocycles. The molecule has 0 amide bonds. The molecule has 1 aliphatic carbocycles. The molecule has 0 saturated heterocycles. The summed E-state index contributed by atoms with van der Waals surface area (Å²) in [6, 6.07) is 7.22. The first-order valence-corrected chi connectivity index (χ1v) is 6.00. The van der Waals surface area contributed by atoms with Crippen molar-refractivity contribution < 1.29 is 4.74 Å². The van der Waals surface area contributed by atoms with Crippen LogP contribution in [0.3, 0.4) is 0 Å². The molecule has 2 nitrogen and oxygen atoms in total. The average molecular weight is 236 g/mol. The number of hydrogen-bond acceptors (Lipinski definition) is 2. The van der Waals surface area contributed by atoms with Crippen molar-refractivity contribution in [1.82, 2.24) is 0 Å². The van der Waals surface area contributed by atoms with Gasteiger partial charge in [-0.2, -0.15) is 5.26 Å². The zero-order chi connectivity index (χ0) is 11.4. The van der Waals surface area contributed by atoms with Crippen LogP contribution in [0.5, 0.6) is 5.75 Å². The highest BCUT2D eigenvalue weighted by Crippen LogP contribution is 2.30. The van der Waals surface area contributed by atoms with Crippen LogP contribution in [0, 0.1) is 17.2 Å². The Kier molecular flexibility index (Phi) is 3.69. The van der Waals surface area contributed by atoms with Gasteiger partial charge in [-0.3, -0.25) is 0 Å². The Morgan fingerprint density at radius 2 is 2.25 bits per heavy atom. The molecule has 3 heteroatoms. The Balaban J connectivity index is 1.91. The summed E-state index contributed by atoms with van der Waals surface area (Å²) in [6.45, 7) is 0.680. The van der Waals surface area contributed by atoms with Gasteiger partial charge >= 0.3 is 0 Å². The Hall–Kier alpha value is -1.20. The van der Waals surface area contributed by atoms with Crippen LogP contribution in [-0.2, 0) is 0 Å². The second-order valence-corrected chi connectivity index (χ2v) is 4.62. The quantitative estimate of drug-likeness (QED) is 0.796. The van der Waals surface area contributed by atoms with Crippen LogP contribution >= 0.6 is 11.6 Å². The van der Waals surface area contributed by atoms with Crippen molar-refractivity contribution in [3.63, 3.8) is 0 Å². The highest BCUT2D eigenvalue weighted by Gasteiger charge is 2.17. The van der Waals surface area contributed by atoms with Crippen LogP contribution in [0.2, 0.25) is 5.02 Å². The molecule has 1 fully saturated rings. The minimum atomic E-state index is 0.554. The smallest absolute Gasteiger partial charge is 0.138 e. The van der Waals surface area contributed by atoms with Crippen molar-refractivity contribution in [3.05, 3.63) is 28.8 Å². The number of nitrogens with zero attached hydrogens (tertiary/aromatic N) is 1. The summed E-state index contributed by atoms with van der Waals surface area (Å²) in [5.74, 6) is 1.43. The molecule has 2 rings (SSSR count). The predicted molar refractivity (Wildman–Crippen MR) is 63.6 cm³/mol. The molecule has 84 valence electrons. The number of nitriles is 1. The van der Waals surface area contributed by atoms with Gasteiger partial charge in [0.25, 0.3) is 0 Å². The molecule has 1 saturated carbocycles. The molecule has 1 aromatic rings. The van der Waals surface area contributed by atoms with E-state index in [0.717, 1.165) is 12.3 Å². The number of benzene rings is 1. The molecule has 0 unspecified atom stereocenters. The van der Waals surface area contributed by atoms with Gasteiger partial charge in [0.1, 0.15) is 11.8 Å². The lowest BCUT2D eigenvalue weighted by Crippen LogP contribution is -2.14. The van der Waals surface area contributed by atoms with Gasteiger partial charge in [0.15, 0.2) is 0 Å². The van der Waals surface area contributed by atoms with Crippen LogP contribution in [-0.4, -0.2) is 6.61 Å². The van der Waals surface area contributed by atoms with E-state index >= 15 is 0 Å². The molecule has 0 radical (unpaired) electrons. The molecular weight excluding hydrogens is 222 g/mol. The lowest BCUT2D eigenvalue weighted by atomic mass is 9.83. The minimum absolute atomic E-state index is 0.554. The monoisotopic (exact) mass is 235 g/mol. The Labute approximate surface area is 101 Å². The lowest BCUT2D eigenvalue weighted by molar-refractivity contribution is 0.221. The molecule has 0 aliphatic heterocycles. The summed E-state index contributed by atoms with van der Waals surface area (Å²) in [5, 5.41) is 9.51. The molecule has 0 bridgehead atoms. The fourth-order valence-corrected chi connectivity index (χ4v) is 1.99. The highest BCUT2D eigenvalue weighted by molar-refractivity contribution is 6.30. The van der Waals surface area contributed by atoms with E-state index in [9.17, 15) is 0 Å². The Morgan fingerprint density at radius 1 is 1.44 bits per heavy atom. The Morgan fingerprint density at radius 3 is 2.88 bits per heavy atom. The second kappa shape index (κ2) is 5.23. The van der Waals surface area contributed by atoms with Gasteiger partial charge in [-0.15, -0.1) is 0 Å². The molecule has 0 N–H and O–H groups in total. The minimum Gasteiger partial charge on any atom is -0.492 e. The van der Waals surface area contributed by atoms with E-state index in [1.54, 1.807) is 18.2 Å². The van der Waals surface area contributed by atoms with E-state index < -0.39 is 0 Å². The summed E-state index contributed by atoms with van der Waals surface area (Å²) in [5.41, 5.74) is 0.554. The van der Waals surface area contributed by atoms with E-state index in [4.69, 9.17) is 21.6 Å². The van der Waals surface area contributed by atoms with Gasteiger partial charge in [0.2, 0.25) is 0 Å². The topological polar surface area (TPSA) is 33.0 Å². The maximum Gasteiger partial charge on any atom is 0.138 e. The number of ether oxygens (including phenoxy) is 1. The molecule has 0 heterocycles. The first-order valence-electron chi connectivity index (χ1n) is 5.62.